The number of alkyl halides is 1. The van der Waals surface area contributed by atoms with Gasteiger partial charge in [0.15, 0.2) is 0 Å². The molecule has 5 heteroatoms. The quantitative estimate of drug-likeness (QED) is 0.735. The molecule has 1 saturated heterocycles. The van der Waals surface area contributed by atoms with Crippen LogP contribution < -0.4 is 0 Å². The first-order valence-corrected chi connectivity index (χ1v) is 5.59. The Morgan fingerprint density at radius 2 is 1.88 bits per heavy atom. The second kappa shape index (κ2) is 3.43. The van der Waals surface area contributed by atoms with Gasteiger partial charge in [-0.25, -0.2) is 4.39 Å². The average Bonchev–Trinajstić information content (AvgIpc) is 2.52. The molecule has 2 aliphatic rings. The number of amides is 1. The predicted octanol–water partition coefficient (Wildman–Crippen LogP) is 1.20. The highest BCUT2D eigenvalue weighted by Crippen LogP contribution is 2.52. The van der Waals surface area contributed by atoms with E-state index in [1.165, 1.54) is 11.8 Å². The summed E-state index contributed by atoms with van der Waals surface area (Å²) in [6, 6.07) is 0. The van der Waals surface area contributed by atoms with Crippen LogP contribution in [0.2, 0.25) is 0 Å². The van der Waals surface area contributed by atoms with E-state index < -0.39 is 17.1 Å². The maximum atomic E-state index is 14.7. The summed E-state index contributed by atoms with van der Waals surface area (Å²) >= 11 is 0. The molecule has 16 heavy (non-hydrogen) atoms. The number of carboxylic acid groups (broad SMARTS) is 1. The van der Waals surface area contributed by atoms with Gasteiger partial charge >= 0.3 is 5.97 Å². The van der Waals surface area contributed by atoms with Crippen molar-refractivity contribution < 1.29 is 19.1 Å². The molecule has 0 aromatic rings. The first-order chi connectivity index (χ1) is 7.41. The lowest BCUT2D eigenvalue weighted by Crippen LogP contribution is -2.51. The molecule has 1 saturated carbocycles. The first kappa shape index (κ1) is 11.4. The molecular weight excluding hydrogens is 213 g/mol. The number of aliphatic carboxylic acids is 1. The lowest BCUT2D eigenvalue weighted by Gasteiger charge is -2.39. The number of fused-ring (bicyclic) bond motifs is 1. The third kappa shape index (κ3) is 1.33. The van der Waals surface area contributed by atoms with Gasteiger partial charge in [-0.3, -0.25) is 9.59 Å². The highest BCUT2D eigenvalue weighted by Gasteiger charge is 2.64. The molecule has 90 valence electrons. The normalized spacial score (nSPS) is 38.2. The molecule has 0 spiro atoms. The van der Waals surface area contributed by atoms with E-state index in [0.29, 0.717) is 12.8 Å². The number of carbonyl (C=O) groups is 2. The van der Waals surface area contributed by atoms with E-state index in [1.54, 1.807) is 0 Å². The summed E-state index contributed by atoms with van der Waals surface area (Å²) in [4.78, 5) is 23.9. The third-order valence-electron chi connectivity index (χ3n) is 4.04. The number of likely N-dealkylation sites (tertiary alicyclic amines) is 1. The zero-order valence-corrected chi connectivity index (χ0v) is 9.33. The predicted molar refractivity (Wildman–Crippen MR) is 54.6 cm³/mol. The minimum Gasteiger partial charge on any atom is -0.481 e. The van der Waals surface area contributed by atoms with Crippen LogP contribution in [-0.2, 0) is 9.59 Å². The summed E-state index contributed by atoms with van der Waals surface area (Å²) in [6.45, 7) is 1.32. The summed E-state index contributed by atoms with van der Waals surface area (Å²) in [5.74, 6) is -1.34. The van der Waals surface area contributed by atoms with Gasteiger partial charge in [0.05, 0.1) is 6.54 Å². The van der Waals surface area contributed by atoms with Gasteiger partial charge in [0.25, 0.3) is 0 Å². The Hall–Kier alpha value is -1.13. The maximum absolute atomic E-state index is 14.7. The van der Waals surface area contributed by atoms with Crippen LogP contribution >= 0.6 is 0 Å². The van der Waals surface area contributed by atoms with E-state index in [2.05, 4.69) is 0 Å². The highest BCUT2D eigenvalue weighted by atomic mass is 19.1. The fourth-order valence-electron chi connectivity index (χ4n) is 3.02. The highest BCUT2D eigenvalue weighted by molar-refractivity contribution is 5.81. The van der Waals surface area contributed by atoms with Crippen LogP contribution in [0, 0.1) is 5.41 Å². The van der Waals surface area contributed by atoms with Crippen molar-refractivity contribution in [1.82, 2.24) is 4.90 Å². The summed E-state index contributed by atoms with van der Waals surface area (Å²) in [5, 5.41) is 9.29. The van der Waals surface area contributed by atoms with Crippen LogP contribution in [0.25, 0.3) is 0 Å². The van der Waals surface area contributed by atoms with Gasteiger partial charge in [0.2, 0.25) is 5.91 Å². The molecule has 0 radical (unpaired) electrons. The molecule has 1 aliphatic carbocycles. The Kier molecular flexibility index (Phi) is 2.44. The van der Waals surface area contributed by atoms with E-state index in [1.807, 2.05) is 0 Å². The van der Waals surface area contributed by atoms with Crippen LogP contribution in [0.3, 0.4) is 0 Å². The molecule has 1 heterocycles. The molecule has 1 N–H and O–H groups in total. The van der Waals surface area contributed by atoms with Crippen LogP contribution in [0.1, 0.15) is 32.6 Å². The van der Waals surface area contributed by atoms with Gasteiger partial charge in [-0.15, -0.1) is 0 Å². The summed E-state index contributed by atoms with van der Waals surface area (Å²) in [5.41, 5.74) is -3.10. The molecule has 2 rings (SSSR count). The number of carboxylic acids is 1. The topological polar surface area (TPSA) is 57.6 Å². The Morgan fingerprint density at radius 3 is 2.38 bits per heavy atom. The molecule has 0 unspecified atom stereocenters. The van der Waals surface area contributed by atoms with E-state index in [9.17, 15) is 19.1 Å². The van der Waals surface area contributed by atoms with Gasteiger partial charge in [0, 0.05) is 13.5 Å². The Morgan fingerprint density at radius 1 is 1.25 bits per heavy atom. The molecule has 2 atom stereocenters. The van der Waals surface area contributed by atoms with Gasteiger partial charge in [-0.2, -0.15) is 0 Å². The zero-order valence-electron chi connectivity index (χ0n) is 9.33. The summed E-state index contributed by atoms with van der Waals surface area (Å²) in [7, 11) is 0. The molecule has 0 aromatic carbocycles. The van der Waals surface area contributed by atoms with Crippen LogP contribution in [-0.4, -0.2) is 40.6 Å². The molecule has 0 aromatic heterocycles. The van der Waals surface area contributed by atoms with E-state index >= 15 is 0 Å². The lowest BCUT2D eigenvalue weighted by molar-refractivity contribution is -0.159. The maximum Gasteiger partial charge on any atom is 0.314 e. The minimum atomic E-state index is -1.73. The Balaban J connectivity index is 2.37. The van der Waals surface area contributed by atoms with Crippen molar-refractivity contribution in [2.45, 2.75) is 38.3 Å². The number of halogens is 1. The van der Waals surface area contributed by atoms with E-state index in [4.69, 9.17) is 0 Å². The van der Waals surface area contributed by atoms with Crippen molar-refractivity contribution in [3.8, 4) is 0 Å². The van der Waals surface area contributed by atoms with Crippen LogP contribution in [0.4, 0.5) is 4.39 Å². The Labute approximate surface area is 93.4 Å². The average molecular weight is 229 g/mol. The van der Waals surface area contributed by atoms with Crippen LogP contribution in [0.5, 0.6) is 0 Å². The number of hydrogen-bond acceptors (Lipinski definition) is 2. The number of nitrogens with zero attached hydrogens (tertiary/aromatic N) is 1. The molecule has 4 nitrogen and oxygen atoms in total. The van der Waals surface area contributed by atoms with Gasteiger partial charge in [-0.05, 0) is 12.8 Å². The fourth-order valence-corrected chi connectivity index (χ4v) is 3.02. The largest absolute Gasteiger partial charge is 0.481 e. The smallest absolute Gasteiger partial charge is 0.314 e. The van der Waals surface area contributed by atoms with Gasteiger partial charge < -0.3 is 10.0 Å². The lowest BCUT2D eigenvalue weighted by atomic mass is 9.66. The molecule has 1 aliphatic heterocycles. The zero-order chi connectivity index (χ0) is 12.0. The first-order valence-electron chi connectivity index (χ1n) is 5.59. The number of rotatable bonds is 1. The van der Waals surface area contributed by atoms with E-state index in [0.717, 1.165) is 6.42 Å². The molecule has 2 fully saturated rings. The van der Waals surface area contributed by atoms with E-state index in [-0.39, 0.29) is 25.4 Å². The standard InChI is InChI=1S/C11H16FNO3/c1-8(14)13-6-10(9(15)16)4-2-3-5-11(10,12)7-13/h2-7H2,1H3,(H,15,16)/t10-,11-/m0/s1. The summed E-state index contributed by atoms with van der Waals surface area (Å²) in [6.07, 6.45) is 2.02. The second-order valence-corrected chi connectivity index (χ2v) is 4.93. The minimum absolute atomic E-state index is 0.0220. The summed E-state index contributed by atoms with van der Waals surface area (Å²) < 4.78 is 14.7. The van der Waals surface area contributed by atoms with Crippen molar-refractivity contribution in [2.24, 2.45) is 5.41 Å². The SMILES string of the molecule is CC(=O)N1C[C@@]2(F)CCCC[C@@]2(C(=O)O)C1. The van der Waals surface area contributed by atoms with Crippen molar-refractivity contribution in [3.05, 3.63) is 0 Å². The number of hydrogen-bond donors (Lipinski definition) is 1. The van der Waals surface area contributed by atoms with Crippen molar-refractivity contribution in [2.75, 3.05) is 13.1 Å². The van der Waals surface area contributed by atoms with Gasteiger partial charge in [0.1, 0.15) is 11.1 Å². The molecule has 0 bridgehead atoms. The Bertz CT molecular complexity index is 346. The van der Waals surface area contributed by atoms with Crippen molar-refractivity contribution in [3.63, 3.8) is 0 Å². The van der Waals surface area contributed by atoms with Gasteiger partial charge in [-0.1, -0.05) is 12.8 Å². The number of carbonyl (C=O) groups excluding carboxylic acids is 1. The third-order valence-corrected chi connectivity index (χ3v) is 4.04. The molecule has 1 amide bonds. The van der Waals surface area contributed by atoms with Crippen molar-refractivity contribution in [1.29, 1.82) is 0 Å². The monoisotopic (exact) mass is 229 g/mol. The van der Waals surface area contributed by atoms with Crippen molar-refractivity contribution >= 4 is 11.9 Å². The molecular formula is C11H16FNO3. The fraction of sp³-hybridized carbons (Fsp3) is 0.818. The second-order valence-electron chi connectivity index (χ2n) is 4.93. The van der Waals surface area contributed by atoms with Crippen LogP contribution in [0.15, 0.2) is 0 Å².